The minimum atomic E-state index is -0.995. The van der Waals surface area contributed by atoms with E-state index in [1.165, 1.54) is 11.0 Å². The maximum Gasteiger partial charge on any atom is 0.276 e. The van der Waals surface area contributed by atoms with Gasteiger partial charge in [-0.1, -0.05) is 11.2 Å². The molecule has 1 unspecified atom stereocenters. The normalized spacial score (nSPS) is 17.3. The molecule has 0 radical (unpaired) electrons. The van der Waals surface area contributed by atoms with E-state index >= 15 is 0 Å². The molecule has 126 valence electrons. The van der Waals surface area contributed by atoms with Crippen LogP contribution in [0.25, 0.3) is 11.6 Å². The Hall–Kier alpha value is -3.16. The van der Waals surface area contributed by atoms with Crippen LogP contribution in [0.15, 0.2) is 47.1 Å². The quantitative estimate of drug-likeness (QED) is 0.732. The second-order valence-corrected chi connectivity index (χ2v) is 5.68. The zero-order valence-corrected chi connectivity index (χ0v) is 12.9. The Morgan fingerprint density at radius 1 is 1.16 bits per heavy atom. The van der Waals surface area contributed by atoms with Gasteiger partial charge in [-0.05, 0) is 24.3 Å². The van der Waals surface area contributed by atoms with E-state index in [1.807, 2.05) is 0 Å². The van der Waals surface area contributed by atoms with Crippen molar-refractivity contribution < 1.29 is 18.1 Å². The summed E-state index contributed by atoms with van der Waals surface area (Å²) in [5, 5.41) is 3.93. The van der Waals surface area contributed by atoms with Crippen LogP contribution in [0.4, 0.5) is 14.5 Å². The van der Waals surface area contributed by atoms with Crippen LogP contribution >= 0.6 is 0 Å². The third kappa shape index (κ3) is 2.86. The number of aromatic nitrogens is 3. The molecule has 0 N–H and O–H groups in total. The Morgan fingerprint density at radius 2 is 2.04 bits per heavy atom. The zero-order valence-electron chi connectivity index (χ0n) is 12.9. The molecule has 3 aromatic rings. The van der Waals surface area contributed by atoms with E-state index in [1.54, 1.807) is 24.4 Å². The molecule has 1 amide bonds. The topological polar surface area (TPSA) is 72.1 Å². The lowest BCUT2D eigenvalue weighted by Crippen LogP contribution is -2.24. The fourth-order valence-electron chi connectivity index (χ4n) is 2.78. The van der Waals surface area contributed by atoms with E-state index in [-0.39, 0.29) is 30.7 Å². The number of hydrogen-bond acceptors (Lipinski definition) is 5. The van der Waals surface area contributed by atoms with Gasteiger partial charge in [0, 0.05) is 36.8 Å². The highest BCUT2D eigenvalue weighted by Crippen LogP contribution is 2.31. The maximum atomic E-state index is 13.4. The monoisotopic (exact) mass is 342 g/mol. The molecule has 25 heavy (non-hydrogen) atoms. The van der Waals surface area contributed by atoms with Crippen molar-refractivity contribution in [2.24, 2.45) is 0 Å². The van der Waals surface area contributed by atoms with Crippen molar-refractivity contribution in [1.29, 1.82) is 0 Å². The third-order valence-corrected chi connectivity index (χ3v) is 4.03. The van der Waals surface area contributed by atoms with Gasteiger partial charge in [-0.2, -0.15) is 4.98 Å². The van der Waals surface area contributed by atoms with Gasteiger partial charge in [0.25, 0.3) is 5.89 Å². The van der Waals surface area contributed by atoms with Gasteiger partial charge in [0.15, 0.2) is 17.5 Å². The second-order valence-electron chi connectivity index (χ2n) is 5.68. The molecule has 6 nitrogen and oxygen atoms in total. The number of hydrogen-bond donors (Lipinski definition) is 0. The van der Waals surface area contributed by atoms with Crippen LogP contribution in [-0.2, 0) is 4.79 Å². The molecule has 3 heterocycles. The van der Waals surface area contributed by atoms with E-state index in [2.05, 4.69) is 15.1 Å². The summed E-state index contributed by atoms with van der Waals surface area (Å²) < 4.78 is 31.7. The summed E-state index contributed by atoms with van der Waals surface area (Å²) in [5.41, 5.74) is 0.850. The van der Waals surface area contributed by atoms with Gasteiger partial charge in [0.05, 0.1) is 0 Å². The Kier molecular flexibility index (Phi) is 3.72. The van der Waals surface area contributed by atoms with Crippen LogP contribution < -0.4 is 4.90 Å². The lowest BCUT2D eigenvalue weighted by atomic mass is 10.1. The highest BCUT2D eigenvalue weighted by Gasteiger charge is 2.35. The van der Waals surface area contributed by atoms with Gasteiger partial charge in [-0.3, -0.25) is 9.78 Å². The van der Waals surface area contributed by atoms with Gasteiger partial charge < -0.3 is 9.42 Å². The summed E-state index contributed by atoms with van der Waals surface area (Å²) in [6.45, 7) is 0.269. The number of rotatable bonds is 3. The summed E-state index contributed by atoms with van der Waals surface area (Å²) in [6.07, 6.45) is 1.78. The average molecular weight is 342 g/mol. The lowest BCUT2D eigenvalue weighted by Gasteiger charge is -2.16. The third-order valence-electron chi connectivity index (χ3n) is 4.03. The van der Waals surface area contributed by atoms with Crippen LogP contribution in [0.1, 0.15) is 18.2 Å². The minimum Gasteiger partial charge on any atom is -0.332 e. The molecule has 0 bridgehead atoms. The van der Waals surface area contributed by atoms with E-state index in [0.29, 0.717) is 17.2 Å². The van der Waals surface area contributed by atoms with Crippen molar-refractivity contribution in [3.05, 3.63) is 60.1 Å². The fraction of sp³-hybridized carbons (Fsp3) is 0.176. The molecule has 1 fully saturated rings. The summed E-state index contributed by atoms with van der Waals surface area (Å²) >= 11 is 0. The summed E-state index contributed by atoms with van der Waals surface area (Å²) in [5.74, 6) is -1.79. The smallest absolute Gasteiger partial charge is 0.276 e. The number of halogens is 2. The molecule has 1 saturated heterocycles. The van der Waals surface area contributed by atoms with Crippen LogP contribution in [-0.4, -0.2) is 27.6 Å². The Morgan fingerprint density at radius 3 is 2.80 bits per heavy atom. The first-order valence-corrected chi connectivity index (χ1v) is 7.62. The largest absolute Gasteiger partial charge is 0.332 e. The molecule has 1 atom stereocenters. The van der Waals surface area contributed by atoms with E-state index in [0.717, 1.165) is 12.1 Å². The van der Waals surface area contributed by atoms with Crippen LogP contribution in [0.2, 0.25) is 0 Å². The number of pyridine rings is 1. The Labute approximate surface area is 141 Å². The Balaban J connectivity index is 1.56. The van der Waals surface area contributed by atoms with E-state index < -0.39 is 11.6 Å². The van der Waals surface area contributed by atoms with Crippen LogP contribution in [0.3, 0.4) is 0 Å². The number of carbonyl (C=O) groups excluding carboxylic acids is 1. The number of anilines is 1. The predicted molar refractivity (Wildman–Crippen MR) is 83.6 cm³/mol. The predicted octanol–water partition coefficient (Wildman–Crippen LogP) is 2.93. The van der Waals surface area contributed by atoms with Crippen molar-refractivity contribution in [1.82, 2.24) is 15.1 Å². The lowest BCUT2D eigenvalue weighted by molar-refractivity contribution is -0.117. The summed E-state index contributed by atoms with van der Waals surface area (Å²) in [6, 6.07) is 8.69. The summed E-state index contributed by atoms with van der Waals surface area (Å²) in [4.78, 5) is 22.1. The van der Waals surface area contributed by atoms with Gasteiger partial charge in [-0.15, -0.1) is 0 Å². The highest BCUT2D eigenvalue weighted by molar-refractivity contribution is 5.96. The SMILES string of the molecule is O=C1CC(c2noc(-c3ccccn3)n2)CN1c1ccc(F)c(F)c1. The molecular weight excluding hydrogens is 330 g/mol. The highest BCUT2D eigenvalue weighted by atomic mass is 19.2. The van der Waals surface area contributed by atoms with Crippen molar-refractivity contribution >= 4 is 11.6 Å². The Bertz CT molecular complexity index is 929. The molecule has 0 spiro atoms. The number of carbonyl (C=O) groups is 1. The van der Waals surface area contributed by atoms with Crippen molar-refractivity contribution in [2.45, 2.75) is 12.3 Å². The standard InChI is InChI=1S/C17H12F2N4O2/c18-12-5-4-11(8-13(12)19)23-9-10(7-15(23)24)16-21-17(25-22-16)14-3-1-2-6-20-14/h1-6,8,10H,7,9H2. The van der Waals surface area contributed by atoms with E-state index in [9.17, 15) is 13.6 Å². The van der Waals surface area contributed by atoms with E-state index in [4.69, 9.17) is 4.52 Å². The summed E-state index contributed by atoms with van der Waals surface area (Å²) in [7, 11) is 0. The molecule has 1 aliphatic rings. The van der Waals surface area contributed by atoms with Crippen molar-refractivity contribution in [3.8, 4) is 11.6 Å². The number of nitrogens with zero attached hydrogens (tertiary/aromatic N) is 4. The van der Waals surface area contributed by atoms with Gasteiger partial charge in [-0.25, -0.2) is 8.78 Å². The average Bonchev–Trinajstić information content (AvgIpc) is 3.25. The molecule has 8 heteroatoms. The van der Waals surface area contributed by atoms with Gasteiger partial charge >= 0.3 is 0 Å². The molecule has 4 rings (SSSR count). The first-order chi connectivity index (χ1) is 12.1. The first kappa shape index (κ1) is 15.4. The molecule has 0 aliphatic carbocycles. The zero-order chi connectivity index (χ0) is 17.4. The molecule has 1 aliphatic heterocycles. The van der Waals surface area contributed by atoms with Gasteiger partial charge in [0.1, 0.15) is 5.69 Å². The number of amides is 1. The molecular formula is C17H12F2N4O2. The second kappa shape index (κ2) is 6.04. The molecule has 2 aromatic heterocycles. The fourth-order valence-corrected chi connectivity index (χ4v) is 2.78. The molecule has 0 saturated carbocycles. The maximum absolute atomic E-state index is 13.4. The van der Waals surface area contributed by atoms with Crippen molar-refractivity contribution in [3.63, 3.8) is 0 Å². The minimum absolute atomic E-state index is 0.167. The van der Waals surface area contributed by atoms with Gasteiger partial charge in [0.2, 0.25) is 5.91 Å². The molecule has 1 aromatic carbocycles. The number of benzene rings is 1. The first-order valence-electron chi connectivity index (χ1n) is 7.62. The van der Waals surface area contributed by atoms with Crippen molar-refractivity contribution in [2.75, 3.05) is 11.4 Å². The van der Waals surface area contributed by atoms with Crippen LogP contribution in [0, 0.1) is 11.6 Å². The van der Waals surface area contributed by atoms with Crippen LogP contribution in [0.5, 0.6) is 0 Å².